The minimum Gasteiger partial charge on any atom is -0.418 e. The molecule has 0 aliphatic carbocycles. The molecule has 0 N–H and O–H groups in total. The molecule has 0 saturated heterocycles. The lowest BCUT2D eigenvalue weighted by atomic mass is 10.2. The Balaban J connectivity index is 0.000000465. The van der Waals surface area contributed by atoms with E-state index in [4.69, 9.17) is 23.2 Å². The molecule has 3 rings (SSSR count). The Morgan fingerprint density at radius 1 is 0.593 bits per heavy atom. The SMILES string of the molecule is Cc1ccc([S+](c2ccc(Cl)cc2)c2ccc(Cl)cc2)cc1.F[B-](F)(F)F. The highest BCUT2D eigenvalue weighted by molar-refractivity contribution is 7.97. The van der Waals surface area contributed by atoms with E-state index in [0.717, 1.165) is 10.0 Å². The van der Waals surface area contributed by atoms with Gasteiger partial charge in [0.25, 0.3) is 0 Å². The summed E-state index contributed by atoms with van der Waals surface area (Å²) in [6.45, 7) is 2.10. The third-order valence-electron chi connectivity index (χ3n) is 3.36. The average Bonchev–Trinajstić information content (AvgIpc) is 2.59. The minimum absolute atomic E-state index is 0.157. The highest BCUT2D eigenvalue weighted by Crippen LogP contribution is 2.32. The number of benzene rings is 3. The topological polar surface area (TPSA) is 0 Å². The first kappa shape index (κ1) is 21.7. The standard InChI is InChI=1S/C19H15Cl2S.BF4/c1-14-2-8-17(9-3-14)22(18-10-4-15(20)5-11-18)19-12-6-16(21)7-13-19;2-1(3,4)5/h2-13H,1H3;/q+1;-1. The predicted octanol–water partition coefficient (Wildman–Crippen LogP) is 7.70. The van der Waals surface area contributed by atoms with Gasteiger partial charge in [-0.1, -0.05) is 40.9 Å². The van der Waals surface area contributed by atoms with Crippen LogP contribution in [-0.2, 0) is 10.9 Å². The quantitative estimate of drug-likeness (QED) is 0.226. The van der Waals surface area contributed by atoms with Gasteiger partial charge in [-0.2, -0.15) is 0 Å². The van der Waals surface area contributed by atoms with E-state index in [9.17, 15) is 17.3 Å². The second-order valence-electron chi connectivity index (χ2n) is 5.52. The van der Waals surface area contributed by atoms with Gasteiger partial charge in [0.15, 0.2) is 14.7 Å². The molecule has 0 unspecified atom stereocenters. The van der Waals surface area contributed by atoms with Crippen LogP contribution in [0, 0.1) is 6.92 Å². The molecule has 0 bridgehead atoms. The van der Waals surface area contributed by atoms with Gasteiger partial charge in [-0.3, -0.25) is 0 Å². The maximum Gasteiger partial charge on any atom is 0.673 e. The molecule has 0 spiro atoms. The molecular weight excluding hydrogens is 418 g/mol. The fraction of sp³-hybridized carbons (Fsp3) is 0.0526. The summed E-state index contributed by atoms with van der Waals surface area (Å²) in [6.07, 6.45) is 0. The van der Waals surface area contributed by atoms with Crippen molar-refractivity contribution in [3.63, 3.8) is 0 Å². The van der Waals surface area contributed by atoms with Crippen molar-refractivity contribution in [3.05, 3.63) is 88.4 Å². The van der Waals surface area contributed by atoms with E-state index in [-0.39, 0.29) is 10.9 Å². The fourth-order valence-corrected chi connectivity index (χ4v) is 4.52. The Kier molecular flexibility index (Phi) is 7.65. The summed E-state index contributed by atoms with van der Waals surface area (Å²) in [6, 6.07) is 24.9. The van der Waals surface area contributed by atoms with Crippen molar-refractivity contribution in [2.24, 2.45) is 0 Å². The fourth-order valence-electron chi connectivity index (χ4n) is 2.22. The maximum atomic E-state index is 9.75. The Hall–Kier alpha value is -1.63. The second kappa shape index (κ2) is 9.53. The van der Waals surface area contributed by atoms with E-state index in [2.05, 4.69) is 55.5 Å². The van der Waals surface area contributed by atoms with Gasteiger partial charge in [-0.25, -0.2) is 0 Å². The van der Waals surface area contributed by atoms with E-state index in [0.29, 0.717) is 0 Å². The summed E-state index contributed by atoms with van der Waals surface area (Å²) in [5.41, 5.74) is 1.26. The lowest BCUT2D eigenvalue weighted by Crippen LogP contribution is -2.04. The molecule has 0 aliphatic heterocycles. The van der Waals surface area contributed by atoms with Gasteiger partial charge >= 0.3 is 7.25 Å². The molecule has 142 valence electrons. The summed E-state index contributed by atoms with van der Waals surface area (Å²) in [5.74, 6) is 0. The zero-order chi connectivity index (χ0) is 20.0. The maximum absolute atomic E-state index is 9.75. The first-order valence-electron chi connectivity index (χ1n) is 7.83. The van der Waals surface area contributed by atoms with Crippen LogP contribution in [0.15, 0.2) is 87.5 Å². The predicted molar refractivity (Wildman–Crippen MR) is 106 cm³/mol. The van der Waals surface area contributed by atoms with Gasteiger partial charge in [0, 0.05) is 10.0 Å². The van der Waals surface area contributed by atoms with Gasteiger partial charge in [0.05, 0.1) is 10.9 Å². The van der Waals surface area contributed by atoms with Crippen molar-refractivity contribution >= 4 is 41.4 Å². The number of hydrogen-bond acceptors (Lipinski definition) is 0. The molecule has 0 aromatic heterocycles. The van der Waals surface area contributed by atoms with Crippen LogP contribution >= 0.6 is 23.2 Å². The van der Waals surface area contributed by atoms with Crippen LogP contribution < -0.4 is 0 Å². The molecule has 3 aromatic carbocycles. The summed E-state index contributed by atoms with van der Waals surface area (Å²) >= 11 is 12.1. The third-order valence-corrected chi connectivity index (χ3v) is 6.09. The van der Waals surface area contributed by atoms with Crippen LogP contribution in [0.5, 0.6) is 0 Å². The Morgan fingerprint density at radius 2 is 0.852 bits per heavy atom. The van der Waals surface area contributed by atoms with Crippen molar-refractivity contribution in [1.82, 2.24) is 0 Å². The first-order chi connectivity index (χ1) is 12.6. The summed E-state index contributed by atoms with van der Waals surface area (Å²) in [4.78, 5) is 3.78. The van der Waals surface area contributed by atoms with Crippen molar-refractivity contribution in [1.29, 1.82) is 0 Å². The molecule has 0 heterocycles. The highest BCUT2D eigenvalue weighted by Gasteiger charge is 2.28. The number of rotatable bonds is 3. The van der Waals surface area contributed by atoms with Crippen LogP contribution in [0.3, 0.4) is 0 Å². The third kappa shape index (κ3) is 7.49. The van der Waals surface area contributed by atoms with E-state index >= 15 is 0 Å². The minimum atomic E-state index is -6.00. The van der Waals surface area contributed by atoms with Crippen molar-refractivity contribution < 1.29 is 17.3 Å². The summed E-state index contributed by atoms with van der Waals surface area (Å²) in [5, 5.41) is 1.51. The van der Waals surface area contributed by atoms with Crippen LogP contribution in [-0.4, -0.2) is 7.25 Å². The largest absolute Gasteiger partial charge is 0.673 e. The van der Waals surface area contributed by atoms with Crippen LogP contribution in [0.25, 0.3) is 0 Å². The Labute approximate surface area is 168 Å². The molecule has 3 aromatic rings. The van der Waals surface area contributed by atoms with Crippen LogP contribution in [0.4, 0.5) is 17.3 Å². The molecule has 0 aliphatic rings. The van der Waals surface area contributed by atoms with Crippen molar-refractivity contribution in [3.8, 4) is 0 Å². The van der Waals surface area contributed by atoms with Crippen molar-refractivity contribution in [2.45, 2.75) is 21.6 Å². The number of halogens is 6. The monoisotopic (exact) mass is 432 g/mol. The molecule has 0 amide bonds. The van der Waals surface area contributed by atoms with Gasteiger partial charge in [-0.15, -0.1) is 0 Å². The highest BCUT2D eigenvalue weighted by atomic mass is 35.5. The van der Waals surface area contributed by atoms with E-state index in [1.54, 1.807) is 0 Å². The molecule has 8 heteroatoms. The van der Waals surface area contributed by atoms with Crippen LogP contribution in [0.1, 0.15) is 5.56 Å². The van der Waals surface area contributed by atoms with E-state index in [1.165, 1.54) is 20.2 Å². The molecule has 0 radical (unpaired) electrons. The van der Waals surface area contributed by atoms with E-state index in [1.807, 2.05) is 24.3 Å². The smallest absolute Gasteiger partial charge is 0.418 e. The Morgan fingerprint density at radius 3 is 1.15 bits per heavy atom. The Bertz CT molecular complexity index is 737. The number of aryl methyl sites for hydroxylation is 1. The van der Waals surface area contributed by atoms with Crippen molar-refractivity contribution in [2.75, 3.05) is 0 Å². The molecule has 27 heavy (non-hydrogen) atoms. The van der Waals surface area contributed by atoms with Gasteiger partial charge < -0.3 is 17.3 Å². The molecule has 0 nitrogen and oxygen atoms in total. The normalized spacial score (nSPS) is 11.1. The average molecular weight is 433 g/mol. The molecule has 0 fully saturated rings. The lowest BCUT2D eigenvalue weighted by Gasteiger charge is -2.08. The van der Waals surface area contributed by atoms with Crippen LogP contribution in [0.2, 0.25) is 10.0 Å². The zero-order valence-corrected chi connectivity index (χ0v) is 16.5. The van der Waals surface area contributed by atoms with Gasteiger partial charge in [-0.05, 0) is 67.6 Å². The second-order valence-corrected chi connectivity index (χ2v) is 8.42. The molecule has 0 saturated carbocycles. The lowest BCUT2D eigenvalue weighted by molar-refractivity contribution is 0.368. The van der Waals surface area contributed by atoms with Gasteiger partial charge in [0.2, 0.25) is 0 Å². The van der Waals surface area contributed by atoms with E-state index < -0.39 is 7.25 Å². The molecule has 0 atom stereocenters. The zero-order valence-electron chi connectivity index (χ0n) is 14.2. The molecular formula is C19H15BCl2F4S. The van der Waals surface area contributed by atoms with Gasteiger partial charge in [0.1, 0.15) is 0 Å². The first-order valence-corrected chi connectivity index (χ1v) is 9.81. The summed E-state index contributed by atoms with van der Waals surface area (Å²) < 4.78 is 39.0. The number of hydrogen-bond donors (Lipinski definition) is 0. The summed E-state index contributed by atoms with van der Waals surface area (Å²) in [7, 11) is -6.16.